The Bertz CT molecular complexity index is 534. The summed E-state index contributed by atoms with van der Waals surface area (Å²) < 4.78 is 5.75. The average molecular weight is 310 g/mol. The van der Waals surface area contributed by atoms with Gasteiger partial charge in [0.2, 0.25) is 0 Å². The molecule has 1 aromatic heterocycles. The zero-order valence-electron chi connectivity index (χ0n) is 12.1. The van der Waals surface area contributed by atoms with E-state index in [4.69, 9.17) is 16.3 Å². The van der Waals surface area contributed by atoms with Crippen molar-refractivity contribution >= 4 is 23.3 Å². The summed E-state index contributed by atoms with van der Waals surface area (Å²) in [7, 11) is 0. The predicted molar refractivity (Wildman–Crippen MR) is 81.7 cm³/mol. The van der Waals surface area contributed by atoms with E-state index in [1.807, 2.05) is 6.92 Å². The highest BCUT2D eigenvalue weighted by Gasteiger charge is 2.41. The predicted octanol–water partition coefficient (Wildman–Crippen LogP) is 2.46. The van der Waals surface area contributed by atoms with E-state index in [0.29, 0.717) is 22.5 Å². The fourth-order valence-electron chi connectivity index (χ4n) is 2.81. The normalized spacial score (nSPS) is 24.9. The van der Waals surface area contributed by atoms with Crippen LogP contribution < -0.4 is 10.6 Å². The van der Waals surface area contributed by atoms with Crippen molar-refractivity contribution in [2.24, 2.45) is 5.92 Å². The first-order valence-electron chi connectivity index (χ1n) is 7.51. The van der Waals surface area contributed by atoms with Gasteiger partial charge in [0.1, 0.15) is 11.0 Å². The Morgan fingerprint density at radius 1 is 1.43 bits per heavy atom. The maximum Gasteiger partial charge on any atom is 0.251 e. The highest BCUT2D eigenvalue weighted by atomic mass is 35.5. The lowest BCUT2D eigenvalue weighted by atomic mass is 10.1. The summed E-state index contributed by atoms with van der Waals surface area (Å²) in [4.78, 5) is 16.6. The lowest BCUT2D eigenvalue weighted by molar-refractivity contribution is 0.0729. The molecule has 1 aliphatic carbocycles. The van der Waals surface area contributed by atoms with Gasteiger partial charge in [-0.3, -0.25) is 4.79 Å². The average Bonchev–Trinajstić information content (AvgIpc) is 3.19. The van der Waals surface area contributed by atoms with Gasteiger partial charge in [0.15, 0.2) is 0 Å². The molecular weight excluding hydrogens is 290 g/mol. The first kappa shape index (κ1) is 14.6. The smallest absolute Gasteiger partial charge is 0.251 e. The minimum absolute atomic E-state index is 0.111. The molecular formula is C15H20ClN3O2. The number of amides is 1. The van der Waals surface area contributed by atoms with Crippen LogP contribution in [-0.4, -0.2) is 36.2 Å². The fourth-order valence-corrected chi connectivity index (χ4v) is 3.02. The van der Waals surface area contributed by atoms with Gasteiger partial charge in [-0.15, -0.1) is 0 Å². The van der Waals surface area contributed by atoms with Crippen molar-refractivity contribution in [1.29, 1.82) is 0 Å². The molecule has 3 rings (SSSR count). The number of nitrogens with zero attached hydrogens (tertiary/aromatic N) is 1. The minimum Gasteiger partial charge on any atom is -0.376 e. The number of rotatable bonds is 5. The summed E-state index contributed by atoms with van der Waals surface area (Å²) in [6.07, 6.45) is 3.48. The van der Waals surface area contributed by atoms with E-state index in [1.165, 1.54) is 12.8 Å². The standard InChI is InChI=1S/C15H20ClN3O2/c1-2-17-13-8-10(7-12(16)19-13)15(20)18-11-5-6-21-14(11)9-3-4-9/h7-9,11,14H,2-6H2,1H3,(H,17,19)(H,18,20). The number of aromatic nitrogens is 1. The molecule has 2 fully saturated rings. The molecule has 2 aliphatic rings. The molecule has 2 N–H and O–H groups in total. The summed E-state index contributed by atoms with van der Waals surface area (Å²) in [5.74, 6) is 1.13. The number of pyridine rings is 1. The molecule has 0 bridgehead atoms. The summed E-state index contributed by atoms with van der Waals surface area (Å²) in [5, 5.41) is 6.48. The SMILES string of the molecule is CCNc1cc(C(=O)NC2CCOC2C2CC2)cc(Cl)n1. The molecule has 21 heavy (non-hydrogen) atoms. The van der Waals surface area contributed by atoms with Gasteiger partial charge in [-0.25, -0.2) is 4.98 Å². The van der Waals surface area contributed by atoms with Crippen molar-refractivity contribution in [2.75, 3.05) is 18.5 Å². The Morgan fingerprint density at radius 3 is 2.95 bits per heavy atom. The van der Waals surface area contributed by atoms with Gasteiger partial charge >= 0.3 is 0 Å². The Hall–Kier alpha value is -1.33. The van der Waals surface area contributed by atoms with Crippen LogP contribution in [-0.2, 0) is 4.74 Å². The quantitative estimate of drug-likeness (QED) is 0.820. The highest BCUT2D eigenvalue weighted by molar-refractivity contribution is 6.29. The Balaban J connectivity index is 1.69. The van der Waals surface area contributed by atoms with Gasteiger partial charge in [0.05, 0.1) is 12.1 Å². The fraction of sp³-hybridized carbons (Fsp3) is 0.600. The third kappa shape index (κ3) is 3.47. The second kappa shape index (κ2) is 6.20. The number of carbonyl (C=O) groups excluding carboxylic acids is 1. The number of halogens is 1. The van der Waals surface area contributed by atoms with Crippen molar-refractivity contribution in [3.8, 4) is 0 Å². The number of hydrogen-bond donors (Lipinski definition) is 2. The van der Waals surface area contributed by atoms with E-state index in [2.05, 4.69) is 15.6 Å². The molecule has 1 saturated carbocycles. The molecule has 1 aliphatic heterocycles. The Morgan fingerprint density at radius 2 is 2.24 bits per heavy atom. The second-order valence-electron chi connectivity index (χ2n) is 5.64. The van der Waals surface area contributed by atoms with Crippen LogP contribution in [0.2, 0.25) is 5.15 Å². The van der Waals surface area contributed by atoms with Crippen molar-refractivity contribution in [2.45, 2.75) is 38.3 Å². The second-order valence-corrected chi connectivity index (χ2v) is 6.02. The number of carbonyl (C=O) groups is 1. The molecule has 0 radical (unpaired) electrons. The van der Waals surface area contributed by atoms with Gasteiger partial charge in [0.25, 0.3) is 5.91 Å². The van der Waals surface area contributed by atoms with E-state index in [1.54, 1.807) is 12.1 Å². The molecule has 2 atom stereocenters. The van der Waals surface area contributed by atoms with E-state index in [9.17, 15) is 4.79 Å². The van der Waals surface area contributed by atoms with Gasteiger partial charge in [-0.2, -0.15) is 0 Å². The van der Waals surface area contributed by atoms with Crippen LogP contribution in [0.3, 0.4) is 0 Å². The van der Waals surface area contributed by atoms with Crippen LogP contribution in [0.4, 0.5) is 5.82 Å². The maximum absolute atomic E-state index is 12.4. The topological polar surface area (TPSA) is 63.2 Å². The Kier molecular flexibility index (Phi) is 4.31. The van der Waals surface area contributed by atoms with Crippen LogP contribution >= 0.6 is 11.6 Å². The lowest BCUT2D eigenvalue weighted by Crippen LogP contribution is -2.41. The molecule has 5 nitrogen and oxygen atoms in total. The number of nitrogens with one attached hydrogen (secondary N) is 2. The van der Waals surface area contributed by atoms with E-state index in [-0.39, 0.29) is 18.1 Å². The van der Waals surface area contributed by atoms with Crippen LogP contribution in [0.15, 0.2) is 12.1 Å². The van der Waals surface area contributed by atoms with Gasteiger partial charge in [-0.1, -0.05) is 11.6 Å². The molecule has 2 unspecified atom stereocenters. The third-order valence-electron chi connectivity index (χ3n) is 3.95. The zero-order chi connectivity index (χ0) is 14.8. The molecule has 1 aromatic rings. The van der Waals surface area contributed by atoms with Gasteiger partial charge < -0.3 is 15.4 Å². The molecule has 0 aromatic carbocycles. The van der Waals surface area contributed by atoms with Crippen LogP contribution in [0, 0.1) is 5.92 Å². The van der Waals surface area contributed by atoms with Crippen molar-refractivity contribution < 1.29 is 9.53 Å². The molecule has 1 saturated heterocycles. The molecule has 114 valence electrons. The van der Waals surface area contributed by atoms with Crippen molar-refractivity contribution in [3.63, 3.8) is 0 Å². The largest absolute Gasteiger partial charge is 0.376 e. The van der Waals surface area contributed by atoms with Crippen LogP contribution in [0.5, 0.6) is 0 Å². The molecule has 0 spiro atoms. The number of ether oxygens (including phenoxy) is 1. The van der Waals surface area contributed by atoms with Gasteiger partial charge in [0, 0.05) is 18.7 Å². The summed E-state index contributed by atoms with van der Waals surface area (Å²) in [6, 6.07) is 3.44. The lowest BCUT2D eigenvalue weighted by Gasteiger charge is -2.19. The molecule has 2 heterocycles. The minimum atomic E-state index is -0.111. The molecule has 1 amide bonds. The van der Waals surface area contributed by atoms with Crippen molar-refractivity contribution in [3.05, 3.63) is 22.8 Å². The van der Waals surface area contributed by atoms with Crippen molar-refractivity contribution in [1.82, 2.24) is 10.3 Å². The Labute approximate surface area is 129 Å². The monoisotopic (exact) mass is 309 g/mol. The van der Waals surface area contributed by atoms with Gasteiger partial charge in [-0.05, 0) is 44.2 Å². The summed E-state index contributed by atoms with van der Waals surface area (Å²) >= 11 is 5.98. The highest BCUT2D eigenvalue weighted by Crippen LogP contribution is 2.38. The summed E-state index contributed by atoms with van der Waals surface area (Å²) in [6.45, 7) is 3.43. The number of anilines is 1. The summed E-state index contributed by atoms with van der Waals surface area (Å²) in [5.41, 5.74) is 0.535. The first-order chi connectivity index (χ1) is 10.2. The zero-order valence-corrected chi connectivity index (χ0v) is 12.8. The first-order valence-corrected chi connectivity index (χ1v) is 7.89. The molecule has 6 heteroatoms. The van der Waals surface area contributed by atoms with Crippen LogP contribution in [0.25, 0.3) is 0 Å². The number of hydrogen-bond acceptors (Lipinski definition) is 4. The van der Waals surface area contributed by atoms with E-state index in [0.717, 1.165) is 19.6 Å². The van der Waals surface area contributed by atoms with Crippen LogP contribution in [0.1, 0.15) is 36.5 Å². The maximum atomic E-state index is 12.4. The van der Waals surface area contributed by atoms with E-state index < -0.39 is 0 Å². The third-order valence-corrected chi connectivity index (χ3v) is 4.15. The van der Waals surface area contributed by atoms with E-state index >= 15 is 0 Å².